The number of carbonyl (C=O) groups excluding carboxylic acids is 1. The molecule has 1 saturated heterocycles. The summed E-state index contributed by atoms with van der Waals surface area (Å²) in [4.78, 5) is 16.5. The van der Waals surface area contributed by atoms with Gasteiger partial charge in [0.2, 0.25) is 15.9 Å². The SMILES string of the molecule is O=C(NCc1ccnc(-c2ccc(C(F)(F)F)cc2)c1)C1CC(F)(F)CN1S(=O)(=O)c1ccc(F)cc1. The lowest BCUT2D eigenvalue weighted by atomic mass is 10.1. The first-order valence-electron chi connectivity index (χ1n) is 10.8. The normalized spacial score (nSPS) is 18.1. The molecule has 0 saturated carbocycles. The summed E-state index contributed by atoms with van der Waals surface area (Å²) in [6.45, 7) is -1.39. The fourth-order valence-corrected chi connectivity index (χ4v) is 5.50. The van der Waals surface area contributed by atoms with Crippen molar-refractivity contribution < 1.29 is 39.6 Å². The van der Waals surface area contributed by atoms with E-state index in [1.54, 1.807) is 0 Å². The van der Waals surface area contributed by atoms with Crippen molar-refractivity contribution in [2.24, 2.45) is 0 Å². The summed E-state index contributed by atoms with van der Waals surface area (Å²) < 4.78 is 106. The standard InChI is InChI=1S/C24H19F6N3O3S/c25-18-5-7-19(8-6-18)37(35,36)33-14-23(26,27)12-21(33)22(34)32-13-15-9-10-31-20(11-15)16-1-3-17(4-2-16)24(28,29)30/h1-11,21H,12-14H2,(H,32,34). The molecule has 0 spiro atoms. The first-order valence-corrected chi connectivity index (χ1v) is 12.3. The fraction of sp³-hybridized carbons (Fsp3) is 0.250. The zero-order valence-corrected chi connectivity index (χ0v) is 19.7. The van der Waals surface area contributed by atoms with Gasteiger partial charge in [0.1, 0.15) is 11.9 Å². The molecule has 37 heavy (non-hydrogen) atoms. The quantitative estimate of drug-likeness (QED) is 0.461. The number of carbonyl (C=O) groups is 1. The summed E-state index contributed by atoms with van der Waals surface area (Å²) in [5.41, 5.74) is 0.325. The Labute approximate surface area is 208 Å². The Kier molecular flexibility index (Phi) is 7.04. The van der Waals surface area contributed by atoms with Crippen LogP contribution in [0.3, 0.4) is 0 Å². The van der Waals surface area contributed by atoms with E-state index in [2.05, 4.69) is 10.3 Å². The van der Waals surface area contributed by atoms with Gasteiger partial charge in [-0.3, -0.25) is 9.78 Å². The van der Waals surface area contributed by atoms with Crippen LogP contribution in [0.15, 0.2) is 71.8 Å². The maximum Gasteiger partial charge on any atom is 0.416 e. The molecular formula is C24H19F6N3O3S. The van der Waals surface area contributed by atoms with Crippen molar-refractivity contribution in [3.63, 3.8) is 0 Å². The van der Waals surface area contributed by atoms with E-state index in [0.29, 0.717) is 21.1 Å². The van der Waals surface area contributed by atoms with Crippen LogP contribution in [0, 0.1) is 5.82 Å². The van der Waals surface area contributed by atoms with Crippen molar-refractivity contribution in [2.75, 3.05) is 6.54 Å². The zero-order valence-electron chi connectivity index (χ0n) is 18.8. The van der Waals surface area contributed by atoms with Gasteiger partial charge in [0, 0.05) is 24.7 Å². The number of pyridine rings is 1. The molecule has 0 aliphatic carbocycles. The highest BCUT2D eigenvalue weighted by molar-refractivity contribution is 7.89. The molecule has 1 fully saturated rings. The van der Waals surface area contributed by atoms with Gasteiger partial charge in [0.15, 0.2) is 0 Å². The molecule has 1 atom stereocenters. The highest BCUT2D eigenvalue weighted by atomic mass is 32.2. The average Bonchev–Trinajstić information content (AvgIpc) is 3.19. The Balaban J connectivity index is 1.49. The van der Waals surface area contributed by atoms with Crippen LogP contribution in [-0.2, 0) is 27.5 Å². The van der Waals surface area contributed by atoms with Gasteiger partial charge < -0.3 is 5.32 Å². The Morgan fingerprint density at radius 3 is 2.32 bits per heavy atom. The highest BCUT2D eigenvalue weighted by Crippen LogP contribution is 2.36. The Morgan fingerprint density at radius 2 is 1.70 bits per heavy atom. The second kappa shape index (κ2) is 9.78. The van der Waals surface area contributed by atoms with E-state index in [-0.39, 0.29) is 6.54 Å². The molecule has 1 aliphatic rings. The number of hydrogen-bond acceptors (Lipinski definition) is 4. The van der Waals surface area contributed by atoms with Crippen molar-refractivity contribution in [1.82, 2.24) is 14.6 Å². The Morgan fingerprint density at radius 1 is 1.05 bits per heavy atom. The van der Waals surface area contributed by atoms with Crippen LogP contribution in [-0.4, -0.2) is 42.1 Å². The van der Waals surface area contributed by atoms with Crippen LogP contribution in [0.4, 0.5) is 26.3 Å². The molecule has 4 rings (SSSR count). The van der Waals surface area contributed by atoms with E-state index in [1.807, 2.05) is 0 Å². The predicted molar refractivity (Wildman–Crippen MR) is 120 cm³/mol. The number of aromatic nitrogens is 1. The number of nitrogens with one attached hydrogen (secondary N) is 1. The topological polar surface area (TPSA) is 79.4 Å². The summed E-state index contributed by atoms with van der Waals surface area (Å²) in [6, 6.07) is 9.18. The van der Waals surface area contributed by atoms with Gasteiger partial charge in [-0.25, -0.2) is 21.6 Å². The molecule has 1 aliphatic heterocycles. The fourth-order valence-electron chi connectivity index (χ4n) is 3.88. The van der Waals surface area contributed by atoms with Crippen LogP contribution in [0.5, 0.6) is 0 Å². The van der Waals surface area contributed by atoms with Crippen LogP contribution in [0.2, 0.25) is 0 Å². The number of sulfonamides is 1. The van der Waals surface area contributed by atoms with Crippen LogP contribution >= 0.6 is 0 Å². The summed E-state index contributed by atoms with van der Waals surface area (Å²) in [5.74, 6) is -5.13. The first-order chi connectivity index (χ1) is 17.3. The summed E-state index contributed by atoms with van der Waals surface area (Å²) in [5, 5.41) is 2.43. The first kappa shape index (κ1) is 26.6. The Bertz CT molecular complexity index is 1390. The largest absolute Gasteiger partial charge is 0.416 e. The predicted octanol–water partition coefficient (Wildman–Crippen LogP) is 4.62. The van der Waals surface area contributed by atoms with Crippen LogP contribution in [0.1, 0.15) is 17.5 Å². The lowest BCUT2D eigenvalue weighted by Crippen LogP contribution is -2.45. The van der Waals surface area contributed by atoms with E-state index in [1.165, 1.54) is 30.5 Å². The molecule has 1 N–H and O–H groups in total. The summed E-state index contributed by atoms with van der Waals surface area (Å²) in [6.07, 6.45) is -4.16. The number of hydrogen-bond donors (Lipinski definition) is 1. The Hall–Kier alpha value is -3.45. The van der Waals surface area contributed by atoms with E-state index < -0.39 is 63.3 Å². The van der Waals surface area contributed by atoms with Crippen molar-refractivity contribution in [3.8, 4) is 11.3 Å². The van der Waals surface area contributed by atoms with Crippen molar-refractivity contribution in [2.45, 2.75) is 36.0 Å². The van der Waals surface area contributed by atoms with Crippen molar-refractivity contribution in [1.29, 1.82) is 0 Å². The molecule has 13 heteroatoms. The minimum absolute atomic E-state index is 0.179. The molecule has 3 aromatic rings. The highest BCUT2D eigenvalue weighted by Gasteiger charge is 2.52. The maximum atomic E-state index is 14.2. The second-order valence-electron chi connectivity index (χ2n) is 8.42. The third-order valence-corrected chi connectivity index (χ3v) is 7.62. The lowest BCUT2D eigenvalue weighted by Gasteiger charge is -2.22. The van der Waals surface area contributed by atoms with Gasteiger partial charge in [-0.2, -0.15) is 17.5 Å². The van der Waals surface area contributed by atoms with E-state index in [0.717, 1.165) is 36.4 Å². The monoisotopic (exact) mass is 543 g/mol. The number of nitrogens with zero attached hydrogens (tertiary/aromatic N) is 2. The number of rotatable bonds is 6. The van der Waals surface area contributed by atoms with Gasteiger partial charge in [0.25, 0.3) is 5.92 Å². The van der Waals surface area contributed by atoms with E-state index in [4.69, 9.17) is 0 Å². The number of halogens is 6. The molecular weight excluding hydrogens is 524 g/mol. The molecule has 2 aromatic carbocycles. The molecule has 196 valence electrons. The molecule has 1 amide bonds. The molecule has 1 unspecified atom stereocenters. The van der Waals surface area contributed by atoms with Crippen LogP contribution < -0.4 is 5.32 Å². The van der Waals surface area contributed by atoms with E-state index >= 15 is 0 Å². The maximum absolute atomic E-state index is 14.2. The summed E-state index contributed by atoms with van der Waals surface area (Å²) in [7, 11) is -4.52. The lowest BCUT2D eigenvalue weighted by molar-refractivity contribution is -0.137. The zero-order chi connectivity index (χ0) is 27.0. The number of benzene rings is 2. The molecule has 0 radical (unpaired) electrons. The molecule has 6 nitrogen and oxygen atoms in total. The summed E-state index contributed by atoms with van der Waals surface area (Å²) >= 11 is 0. The molecule has 0 bridgehead atoms. The van der Waals surface area contributed by atoms with Gasteiger partial charge in [-0.1, -0.05) is 12.1 Å². The molecule has 2 heterocycles. The van der Waals surface area contributed by atoms with Gasteiger partial charge in [-0.15, -0.1) is 0 Å². The van der Waals surface area contributed by atoms with Gasteiger partial charge in [0.05, 0.1) is 22.7 Å². The third-order valence-electron chi connectivity index (χ3n) is 5.75. The minimum Gasteiger partial charge on any atom is -0.351 e. The van der Waals surface area contributed by atoms with E-state index in [9.17, 15) is 39.6 Å². The third kappa shape index (κ3) is 5.93. The average molecular weight is 543 g/mol. The number of alkyl halides is 5. The van der Waals surface area contributed by atoms with Gasteiger partial charge >= 0.3 is 6.18 Å². The molecule has 1 aromatic heterocycles. The minimum atomic E-state index is -4.52. The smallest absolute Gasteiger partial charge is 0.351 e. The van der Waals surface area contributed by atoms with Crippen molar-refractivity contribution in [3.05, 3.63) is 83.8 Å². The van der Waals surface area contributed by atoms with Crippen molar-refractivity contribution >= 4 is 15.9 Å². The number of amides is 1. The second-order valence-corrected chi connectivity index (χ2v) is 10.3. The van der Waals surface area contributed by atoms with Crippen LogP contribution in [0.25, 0.3) is 11.3 Å². The van der Waals surface area contributed by atoms with Gasteiger partial charge in [-0.05, 0) is 54.1 Å².